The number of rotatable bonds is 4. The monoisotopic (exact) mass is 446 g/mol. The Morgan fingerprint density at radius 1 is 1.03 bits per heavy atom. The van der Waals surface area contributed by atoms with E-state index in [9.17, 15) is 9.59 Å². The molecule has 0 radical (unpaired) electrons. The van der Waals surface area contributed by atoms with E-state index in [2.05, 4.69) is 11.0 Å². The van der Waals surface area contributed by atoms with Crippen LogP contribution >= 0.6 is 0 Å². The number of carbonyl (C=O) groups excluding carboxylic acids is 2. The van der Waals surface area contributed by atoms with Gasteiger partial charge in [0.1, 0.15) is 0 Å². The van der Waals surface area contributed by atoms with Crippen LogP contribution in [0.3, 0.4) is 0 Å². The summed E-state index contributed by atoms with van der Waals surface area (Å²) in [6.07, 6.45) is 1.13. The van der Waals surface area contributed by atoms with Gasteiger partial charge in [0, 0.05) is 57.4 Å². The van der Waals surface area contributed by atoms with E-state index in [-0.39, 0.29) is 30.9 Å². The van der Waals surface area contributed by atoms with Gasteiger partial charge < -0.3 is 19.3 Å². The molecule has 8 heteroatoms. The Kier molecular flexibility index (Phi) is 5.88. The van der Waals surface area contributed by atoms with E-state index in [1.54, 1.807) is 17.0 Å². The molecule has 3 aliphatic heterocycles. The summed E-state index contributed by atoms with van der Waals surface area (Å²) < 4.78 is 10.8. The summed E-state index contributed by atoms with van der Waals surface area (Å²) in [7, 11) is 0. The maximum absolute atomic E-state index is 13.3. The Bertz CT molecular complexity index is 1090. The lowest BCUT2D eigenvalue weighted by Crippen LogP contribution is -2.39. The SMILES string of the molecule is N#Cc1ccc(CN2CCCN(C(=O)C3CC(=O)N(c4ccc5c(c4)OCO5)C3)CC2)cc1. The summed E-state index contributed by atoms with van der Waals surface area (Å²) in [6, 6.07) is 15.2. The molecule has 5 rings (SSSR count). The third-order valence-electron chi connectivity index (χ3n) is 6.53. The molecular weight excluding hydrogens is 420 g/mol. The summed E-state index contributed by atoms with van der Waals surface area (Å²) >= 11 is 0. The lowest BCUT2D eigenvalue weighted by atomic mass is 10.1. The minimum absolute atomic E-state index is 0.0375. The molecule has 0 aliphatic carbocycles. The van der Waals surface area contributed by atoms with Gasteiger partial charge in [-0.25, -0.2) is 0 Å². The van der Waals surface area contributed by atoms with Crippen LogP contribution in [-0.2, 0) is 16.1 Å². The lowest BCUT2D eigenvalue weighted by molar-refractivity contribution is -0.135. The van der Waals surface area contributed by atoms with E-state index < -0.39 is 0 Å². The number of nitrogens with zero attached hydrogens (tertiary/aromatic N) is 4. The van der Waals surface area contributed by atoms with Gasteiger partial charge in [0.2, 0.25) is 18.6 Å². The van der Waals surface area contributed by atoms with Gasteiger partial charge in [-0.15, -0.1) is 0 Å². The van der Waals surface area contributed by atoms with Gasteiger partial charge in [-0.2, -0.15) is 5.26 Å². The van der Waals surface area contributed by atoms with Crippen LogP contribution in [0.15, 0.2) is 42.5 Å². The minimum Gasteiger partial charge on any atom is -0.454 e. The molecule has 2 amide bonds. The summed E-state index contributed by atoms with van der Waals surface area (Å²) in [5, 5.41) is 8.96. The van der Waals surface area contributed by atoms with Gasteiger partial charge in [0.05, 0.1) is 17.6 Å². The fraction of sp³-hybridized carbons (Fsp3) is 0.400. The molecule has 170 valence electrons. The number of amides is 2. The largest absolute Gasteiger partial charge is 0.454 e. The van der Waals surface area contributed by atoms with Gasteiger partial charge in [0.25, 0.3) is 0 Å². The standard InChI is InChI=1S/C25H26N4O4/c26-14-18-2-4-19(5-3-18)15-27-8-1-9-28(11-10-27)25(31)20-12-24(30)29(16-20)21-6-7-22-23(13-21)33-17-32-22/h2-7,13,20H,1,8-12,15-17H2. The fourth-order valence-electron chi connectivity index (χ4n) is 4.73. The summed E-state index contributed by atoms with van der Waals surface area (Å²) in [5.74, 6) is 1.00. The normalized spacial score (nSPS) is 20.6. The number of carbonyl (C=O) groups is 2. The van der Waals surface area contributed by atoms with Crippen molar-refractivity contribution in [1.82, 2.24) is 9.80 Å². The Morgan fingerprint density at radius 2 is 1.85 bits per heavy atom. The van der Waals surface area contributed by atoms with Crippen molar-refractivity contribution < 1.29 is 19.1 Å². The molecule has 0 aromatic heterocycles. The number of anilines is 1. The molecule has 3 aliphatic rings. The number of hydrogen-bond donors (Lipinski definition) is 0. The number of ether oxygens (including phenoxy) is 2. The molecule has 0 spiro atoms. The average molecular weight is 447 g/mol. The highest BCUT2D eigenvalue weighted by Crippen LogP contribution is 2.37. The first-order valence-electron chi connectivity index (χ1n) is 11.3. The van der Waals surface area contributed by atoms with Crippen molar-refractivity contribution in [3.63, 3.8) is 0 Å². The Morgan fingerprint density at radius 3 is 2.67 bits per heavy atom. The molecule has 1 atom stereocenters. The quantitative estimate of drug-likeness (QED) is 0.717. The van der Waals surface area contributed by atoms with Gasteiger partial charge in [-0.3, -0.25) is 14.5 Å². The second kappa shape index (κ2) is 9.12. The van der Waals surface area contributed by atoms with Gasteiger partial charge in [-0.05, 0) is 36.2 Å². The Labute approximate surface area is 192 Å². The number of fused-ring (bicyclic) bond motifs is 1. The zero-order valence-corrected chi connectivity index (χ0v) is 18.4. The van der Waals surface area contributed by atoms with Crippen LogP contribution in [0.2, 0.25) is 0 Å². The molecule has 0 N–H and O–H groups in total. The van der Waals surface area contributed by atoms with Crippen molar-refractivity contribution in [2.45, 2.75) is 19.4 Å². The third kappa shape index (κ3) is 4.50. The van der Waals surface area contributed by atoms with Crippen molar-refractivity contribution in [2.75, 3.05) is 44.4 Å². The minimum atomic E-state index is -0.326. The van der Waals surface area contributed by atoms with E-state index in [0.29, 0.717) is 36.7 Å². The van der Waals surface area contributed by atoms with Crippen molar-refractivity contribution in [3.8, 4) is 17.6 Å². The molecule has 2 aromatic rings. The van der Waals surface area contributed by atoms with Crippen molar-refractivity contribution in [2.24, 2.45) is 5.92 Å². The maximum Gasteiger partial charge on any atom is 0.231 e. The number of nitriles is 1. The predicted octanol–water partition coefficient (Wildman–Crippen LogP) is 2.37. The van der Waals surface area contributed by atoms with E-state index in [1.165, 1.54) is 0 Å². The summed E-state index contributed by atoms with van der Waals surface area (Å²) in [5.41, 5.74) is 2.56. The van der Waals surface area contributed by atoms with Crippen LogP contribution in [0.5, 0.6) is 11.5 Å². The van der Waals surface area contributed by atoms with Crippen molar-refractivity contribution in [1.29, 1.82) is 5.26 Å². The van der Waals surface area contributed by atoms with E-state index >= 15 is 0 Å². The van der Waals surface area contributed by atoms with Crippen LogP contribution in [0.25, 0.3) is 0 Å². The Hall–Kier alpha value is -3.57. The predicted molar refractivity (Wildman–Crippen MR) is 121 cm³/mol. The highest BCUT2D eigenvalue weighted by Gasteiger charge is 2.38. The molecule has 2 fully saturated rings. The molecule has 3 heterocycles. The zero-order valence-electron chi connectivity index (χ0n) is 18.4. The average Bonchev–Trinajstić information content (AvgIpc) is 3.39. The van der Waals surface area contributed by atoms with E-state index in [4.69, 9.17) is 14.7 Å². The molecule has 1 unspecified atom stereocenters. The van der Waals surface area contributed by atoms with E-state index in [0.717, 1.165) is 37.3 Å². The first-order chi connectivity index (χ1) is 16.1. The van der Waals surface area contributed by atoms with Crippen molar-refractivity contribution in [3.05, 3.63) is 53.6 Å². The van der Waals surface area contributed by atoms with Crippen LogP contribution in [0, 0.1) is 17.2 Å². The zero-order chi connectivity index (χ0) is 22.8. The molecule has 8 nitrogen and oxygen atoms in total. The lowest BCUT2D eigenvalue weighted by Gasteiger charge is -2.24. The third-order valence-corrected chi connectivity index (χ3v) is 6.53. The van der Waals surface area contributed by atoms with Gasteiger partial charge >= 0.3 is 0 Å². The second-order valence-corrected chi connectivity index (χ2v) is 8.71. The fourth-order valence-corrected chi connectivity index (χ4v) is 4.73. The van der Waals surface area contributed by atoms with E-state index in [1.807, 2.05) is 35.2 Å². The topological polar surface area (TPSA) is 86.1 Å². The molecule has 2 aromatic carbocycles. The Balaban J connectivity index is 1.18. The van der Waals surface area contributed by atoms with Crippen LogP contribution in [0.4, 0.5) is 5.69 Å². The second-order valence-electron chi connectivity index (χ2n) is 8.71. The highest BCUT2D eigenvalue weighted by molar-refractivity contribution is 6.00. The highest BCUT2D eigenvalue weighted by atomic mass is 16.7. The van der Waals surface area contributed by atoms with Crippen LogP contribution in [0.1, 0.15) is 24.0 Å². The van der Waals surface area contributed by atoms with Crippen LogP contribution < -0.4 is 14.4 Å². The number of benzene rings is 2. The summed E-state index contributed by atoms with van der Waals surface area (Å²) in [6.45, 7) is 4.44. The molecule has 2 saturated heterocycles. The van der Waals surface area contributed by atoms with Crippen molar-refractivity contribution >= 4 is 17.5 Å². The summed E-state index contributed by atoms with van der Waals surface area (Å²) in [4.78, 5) is 31.9. The van der Waals surface area contributed by atoms with Gasteiger partial charge in [0.15, 0.2) is 11.5 Å². The first-order valence-corrected chi connectivity index (χ1v) is 11.3. The first kappa shape index (κ1) is 21.3. The molecule has 0 saturated carbocycles. The molecule has 0 bridgehead atoms. The molecular formula is C25H26N4O4. The van der Waals surface area contributed by atoms with Gasteiger partial charge in [-0.1, -0.05) is 12.1 Å². The van der Waals surface area contributed by atoms with Crippen LogP contribution in [-0.4, -0.2) is 61.1 Å². The smallest absolute Gasteiger partial charge is 0.231 e. The molecule has 33 heavy (non-hydrogen) atoms. The maximum atomic E-state index is 13.3. The number of hydrogen-bond acceptors (Lipinski definition) is 6.